The molecule has 0 N–H and O–H groups in total. The summed E-state index contributed by atoms with van der Waals surface area (Å²) in [5, 5.41) is 8.81. The molecule has 0 spiro atoms. The summed E-state index contributed by atoms with van der Waals surface area (Å²) >= 11 is 0. The molecule has 0 aromatic heterocycles. The van der Waals surface area contributed by atoms with Crippen molar-refractivity contribution < 1.29 is 4.79 Å². The minimum absolute atomic E-state index is 0.517. The summed E-state index contributed by atoms with van der Waals surface area (Å²) in [7, 11) is 0. The molecule has 1 aliphatic carbocycles. The Labute approximate surface area is 120 Å². The van der Waals surface area contributed by atoms with Crippen LogP contribution in [0.5, 0.6) is 0 Å². The predicted molar refractivity (Wildman–Crippen MR) is 80.8 cm³/mol. The van der Waals surface area contributed by atoms with E-state index in [0.29, 0.717) is 17.4 Å². The monoisotopic (exact) mass is 265 g/mol. The second-order valence-corrected chi connectivity index (χ2v) is 5.35. The molecule has 0 unspecified atom stereocenters. The Kier molecular flexibility index (Phi) is 4.90. The molecule has 0 radical (unpaired) electrons. The van der Waals surface area contributed by atoms with Crippen LogP contribution in [0.4, 0.5) is 0 Å². The summed E-state index contributed by atoms with van der Waals surface area (Å²) in [6, 6.07) is 9.80. The van der Waals surface area contributed by atoms with E-state index in [4.69, 9.17) is 5.26 Å². The molecular formula is C18H19NO. The molecule has 2 rings (SSSR count). The van der Waals surface area contributed by atoms with E-state index in [1.165, 1.54) is 5.57 Å². The van der Waals surface area contributed by atoms with Crippen molar-refractivity contribution >= 4 is 11.9 Å². The van der Waals surface area contributed by atoms with E-state index in [2.05, 4.69) is 12.6 Å². The number of rotatable bonds is 4. The summed E-state index contributed by atoms with van der Waals surface area (Å²) < 4.78 is 0. The van der Waals surface area contributed by atoms with Gasteiger partial charge >= 0.3 is 0 Å². The number of carbonyl (C=O) groups is 1. The fourth-order valence-corrected chi connectivity index (χ4v) is 2.86. The summed E-state index contributed by atoms with van der Waals surface area (Å²) in [5.41, 5.74) is 2.99. The molecule has 0 atom stereocenters. The van der Waals surface area contributed by atoms with Crippen LogP contribution in [0.15, 0.2) is 43.0 Å². The van der Waals surface area contributed by atoms with E-state index < -0.39 is 0 Å². The van der Waals surface area contributed by atoms with Crippen LogP contribution in [0.1, 0.15) is 36.8 Å². The molecule has 2 heteroatoms. The first-order valence-electron chi connectivity index (χ1n) is 7.06. The molecule has 1 aromatic rings. The van der Waals surface area contributed by atoms with Gasteiger partial charge in [0.25, 0.3) is 0 Å². The van der Waals surface area contributed by atoms with Crippen LogP contribution < -0.4 is 0 Å². The third-order valence-corrected chi connectivity index (χ3v) is 4.11. The lowest BCUT2D eigenvalue weighted by molar-refractivity contribution is -0.104. The topological polar surface area (TPSA) is 40.9 Å². The second kappa shape index (κ2) is 6.86. The van der Waals surface area contributed by atoms with Gasteiger partial charge < -0.3 is 0 Å². The first-order chi connectivity index (χ1) is 9.74. The molecule has 1 saturated carbocycles. The molecular weight excluding hydrogens is 246 g/mol. The zero-order valence-electron chi connectivity index (χ0n) is 11.6. The van der Waals surface area contributed by atoms with E-state index in [0.717, 1.165) is 37.5 Å². The van der Waals surface area contributed by atoms with Crippen molar-refractivity contribution in [2.45, 2.75) is 25.7 Å². The predicted octanol–water partition coefficient (Wildman–Crippen LogP) is 4.13. The van der Waals surface area contributed by atoms with Crippen LogP contribution in [-0.2, 0) is 4.79 Å². The average Bonchev–Trinajstić information content (AvgIpc) is 2.53. The molecule has 1 fully saturated rings. The molecule has 0 aliphatic heterocycles. The molecule has 20 heavy (non-hydrogen) atoms. The van der Waals surface area contributed by atoms with Gasteiger partial charge in [0.2, 0.25) is 0 Å². The van der Waals surface area contributed by atoms with Crippen LogP contribution in [-0.4, -0.2) is 6.29 Å². The van der Waals surface area contributed by atoms with Gasteiger partial charge in [-0.1, -0.05) is 24.8 Å². The molecule has 0 heterocycles. The lowest BCUT2D eigenvalue weighted by Crippen LogP contribution is -2.14. The van der Waals surface area contributed by atoms with Crippen molar-refractivity contribution in [1.29, 1.82) is 5.26 Å². The van der Waals surface area contributed by atoms with Crippen molar-refractivity contribution in [3.63, 3.8) is 0 Å². The quantitative estimate of drug-likeness (QED) is 0.606. The van der Waals surface area contributed by atoms with Crippen molar-refractivity contribution in [3.05, 3.63) is 54.1 Å². The zero-order valence-corrected chi connectivity index (χ0v) is 11.6. The second-order valence-electron chi connectivity index (χ2n) is 5.35. The summed E-state index contributed by atoms with van der Waals surface area (Å²) in [4.78, 5) is 10.3. The molecule has 1 aliphatic rings. The normalized spacial score (nSPS) is 22.4. The number of nitrogens with zero attached hydrogens (tertiary/aromatic N) is 1. The first kappa shape index (κ1) is 14.3. The molecule has 0 amide bonds. The maximum absolute atomic E-state index is 10.3. The van der Waals surface area contributed by atoms with Crippen LogP contribution >= 0.6 is 0 Å². The summed E-state index contributed by atoms with van der Waals surface area (Å²) in [5.74, 6) is 1.05. The third-order valence-electron chi connectivity index (χ3n) is 4.11. The lowest BCUT2D eigenvalue weighted by atomic mass is 9.77. The van der Waals surface area contributed by atoms with Crippen molar-refractivity contribution in [2.75, 3.05) is 0 Å². The zero-order chi connectivity index (χ0) is 14.4. The van der Waals surface area contributed by atoms with Gasteiger partial charge in [-0.05, 0) is 66.9 Å². The molecule has 102 valence electrons. The highest BCUT2D eigenvalue weighted by Crippen LogP contribution is 2.37. The fraction of sp³-hybridized carbons (Fsp3) is 0.333. The highest BCUT2D eigenvalue weighted by Gasteiger charge is 2.22. The highest BCUT2D eigenvalue weighted by atomic mass is 16.1. The molecule has 0 bridgehead atoms. The number of carbonyl (C=O) groups excluding carboxylic acids is 1. The van der Waals surface area contributed by atoms with Crippen molar-refractivity contribution in [3.8, 4) is 6.07 Å². The number of allylic oxidation sites excluding steroid dienone is 3. The van der Waals surface area contributed by atoms with Crippen LogP contribution in [0.2, 0.25) is 0 Å². The maximum Gasteiger partial charge on any atom is 0.142 e. The Morgan fingerprint density at radius 1 is 1.20 bits per heavy atom. The minimum atomic E-state index is 0.517. The number of hydrogen-bond acceptors (Lipinski definition) is 2. The van der Waals surface area contributed by atoms with Gasteiger partial charge in [-0.2, -0.15) is 5.26 Å². The summed E-state index contributed by atoms with van der Waals surface area (Å²) in [6.45, 7) is 4.23. The van der Waals surface area contributed by atoms with Gasteiger partial charge in [-0.25, -0.2) is 0 Å². The maximum atomic E-state index is 10.3. The molecule has 2 nitrogen and oxygen atoms in total. The van der Waals surface area contributed by atoms with Gasteiger partial charge in [-0.3, -0.25) is 4.79 Å². The smallest absolute Gasteiger partial charge is 0.142 e. The fourth-order valence-electron chi connectivity index (χ4n) is 2.86. The van der Waals surface area contributed by atoms with E-state index in [1.807, 2.05) is 30.3 Å². The Bertz CT molecular complexity index is 540. The largest absolute Gasteiger partial charge is 0.299 e. The highest BCUT2D eigenvalue weighted by molar-refractivity contribution is 5.66. The van der Waals surface area contributed by atoms with Gasteiger partial charge in [0.15, 0.2) is 0 Å². The van der Waals surface area contributed by atoms with Gasteiger partial charge in [0.05, 0.1) is 11.6 Å². The summed E-state index contributed by atoms with van der Waals surface area (Å²) in [6.07, 6.45) is 8.95. The minimum Gasteiger partial charge on any atom is -0.299 e. The van der Waals surface area contributed by atoms with Gasteiger partial charge in [0, 0.05) is 0 Å². The third kappa shape index (κ3) is 3.45. The number of benzene rings is 1. The SMILES string of the molecule is C=C(c1ccc(C#N)cc1)C1CCC(/C=C/C=O)CC1. The first-order valence-corrected chi connectivity index (χ1v) is 7.06. The van der Waals surface area contributed by atoms with E-state index in [-0.39, 0.29) is 0 Å². The van der Waals surface area contributed by atoms with Crippen molar-refractivity contribution in [1.82, 2.24) is 0 Å². The van der Waals surface area contributed by atoms with Gasteiger partial charge in [-0.15, -0.1) is 0 Å². The van der Waals surface area contributed by atoms with Crippen LogP contribution in [0.25, 0.3) is 5.57 Å². The molecule has 1 aromatic carbocycles. The Hall–Kier alpha value is -2.14. The van der Waals surface area contributed by atoms with E-state index >= 15 is 0 Å². The Morgan fingerprint density at radius 2 is 1.85 bits per heavy atom. The Balaban J connectivity index is 1.96. The molecule has 0 saturated heterocycles. The van der Waals surface area contributed by atoms with Crippen LogP contribution in [0, 0.1) is 23.2 Å². The van der Waals surface area contributed by atoms with E-state index in [9.17, 15) is 4.79 Å². The number of hydrogen-bond donors (Lipinski definition) is 0. The number of aldehydes is 1. The number of nitriles is 1. The Morgan fingerprint density at radius 3 is 2.40 bits per heavy atom. The van der Waals surface area contributed by atoms with E-state index in [1.54, 1.807) is 6.08 Å². The standard InChI is InChI=1S/C18H19NO/c1-14(18-10-6-16(13-19)7-11-18)17-8-4-15(5-9-17)3-2-12-20/h2-3,6-7,10-12,15,17H,1,4-5,8-9H2/b3-2+. The van der Waals surface area contributed by atoms with Crippen LogP contribution in [0.3, 0.4) is 0 Å². The average molecular weight is 265 g/mol. The van der Waals surface area contributed by atoms with Gasteiger partial charge in [0.1, 0.15) is 6.29 Å². The van der Waals surface area contributed by atoms with Crippen molar-refractivity contribution in [2.24, 2.45) is 11.8 Å². The lowest BCUT2D eigenvalue weighted by Gasteiger charge is -2.28.